The van der Waals surface area contributed by atoms with Crippen molar-refractivity contribution in [1.82, 2.24) is 14.5 Å². The number of nitrogens with one attached hydrogen (secondary N) is 1. The SMILES string of the molecule is CCOC(=O)N1CCc2c(nc(-c3ccc(F)cc3)n(CC(=O)Nc3cccc(SC)c3)c2=O)C1. The summed E-state index contributed by atoms with van der Waals surface area (Å²) in [6, 6.07) is 12.9. The van der Waals surface area contributed by atoms with E-state index in [9.17, 15) is 18.8 Å². The number of hydrogen-bond acceptors (Lipinski definition) is 6. The maximum absolute atomic E-state index is 13.6. The van der Waals surface area contributed by atoms with E-state index in [0.717, 1.165) is 4.90 Å². The molecule has 1 aliphatic rings. The van der Waals surface area contributed by atoms with Crippen LogP contribution >= 0.6 is 11.8 Å². The molecule has 0 aliphatic carbocycles. The Kier molecular flexibility index (Phi) is 7.50. The molecule has 2 aromatic carbocycles. The van der Waals surface area contributed by atoms with Gasteiger partial charge in [-0.2, -0.15) is 0 Å². The smallest absolute Gasteiger partial charge is 0.410 e. The zero-order valence-electron chi connectivity index (χ0n) is 19.4. The molecule has 1 aromatic heterocycles. The number of nitrogens with zero attached hydrogens (tertiary/aromatic N) is 3. The first-order valence-electron chi connectivity index (χ1n) is 11.1. The van der Waals surface area contributed by atoms with Gasteiger partial charge in [-0.25, -0.2) is 14.2 Å². The first-order chi connectivity index (χ1) is 16.9. The van der Waals surface area contributed by atoms with Gasteiger partial charge in [-0.15, -0.1) is 11.8 Å². The summed E-state index contributed by atoms with van der Waals surface area (Å²) in [6.07, 6.45) is 1.76. The molecule has 0 saturated heterocycles. The van der Waals surface area contributed by atoms with E-state index >= 15 is 0 Å². The second-order valence-corrected chi connectivity index (χ2v) is 8.79. The second kappa shape index (κ2) is 10.7. The molecule has 0 fully saturated rings. The molecule has 0 spiro atoms. The zero-order chi connectivity index (χ0) is 24.9. The van der Waals surface area contributed by atoms with Gasteiger partial charge in [0, 0.05) is 28.3 Å². The minimum absolute atomic E-state index is 0.117. The van der Waals surface area contributed by atoms with E-state index in [2.05, 4.69) is 10.3 Å². The highest BCUT2D eigenvalue weighted by Gasteiger charge is 2.27. The summed E-state index contributed by atoms with van der Waals surface area (Å²) in [4.78, 5) is 45.8. The van der Waals surface area contributed by atoms with Crippen LogP contribution in [0.15, 0.2) is 58.2 Å². The van der Waals surface area contributed by atoms with Crippen molar-refractivity contribution in [2.75, 3.05) is 24.7 Å². The van der Waals surface area contributed by atoms with Crippen molar-refractivity contribution in [2.24, 2.45) is 0 Å². The van der Waals surface area contributed by atoms with Crippen LogP contribution in [0.1, 0.15) is 18.2 Å². The van der Waals surface area contributed by atoms with E-state index in [1.54, 1.807) is 24.8 Å². The molecular weight excluding hydrogens is 471 g/mol. The number of benzene rings is 2. The van der Waals surface area contributed by atoms with Gasteiger partial charge in [0.2, 0.25) is 5.91 Å². The number of anilines is 1. The summed E-state index contributed by atoms with van der Waals surface area (Å²) in [5.41, 5.74) is 1.64. The zero-order valence-corrected chi connectivity index (χ0v) is 20.2. The number of thioether (sulfide) groups is 1. The normalized spacial score (nSPS) is 12.7. The van der Waals surface area contributed by atoms with Crippen LogP contribution in [0.5, 0.6) is 0 Å². The maximum atomic E-state index is 13.6. The van der Waals surface area contributed by atoms with Gasteiger partial charge in [0.15, 0.2) is 0 Å². The van der Waals surface area contributed by atoms with E-state index in [-0.39, 0.29) is 37.0 Å². The Morgan fingerprint density at radius 3 is 2.69 bits per heavy atom. The van der Waals surface area contributed by atoms with Crippen molar-refractivity contribution in [1.29, 1.82) is 0 Å². The number of hydrogen-bond donors (Lipinski definition) is 1. The van der Waals surface area contributed by atoms with Crippen molar-refractivity contribution in [3.63, 3.8) is 0 Å². The summed E-state index contributed by atoms with van der Waals surface area (Å²) < 4.78 is 20.0. The van der Waals surface area contributed by atoms with Crippen molar-refractivity contribution >= 4 is 29.4 Å². The van der Waals surface area contributed by atoms with E-state index in [4.69, 9.17) is 4.74 Å². The van der Waals surface area contributed by atoms with Gasteiger partial charge in [-0.1, -0.05) is 6.07 Å². The Balaban J connectivity index is 1.70. The molecule has 10 heteroatoms. The highest BCUT2D eigenvalue weighted by atomic mass is 32.2. The van der Waals surface area contributed by atoms with Crippen LogP contribution in [0.25, 0.3) is 11.4 Å². The van der Waals surface area contributed by atoms with Gasteiger partial charge in [0.05, 0.1) is 18.8 Å². The molecule has 182 valence electrons. The third-order valence-corrected chi connectivity index (χ3v) is 6.33. The minimum atomic E-state index is -0.473. The summed E-state index contributed by atoms with van der Waals surface area (Å²) >= 11 is 1.55. The molecule has 0 saturated carbocycles. The fourth-order valence-electron chi connectivity index (χ4n) is 3.91. The third-order valence-electron chi connectivity index (χ3n) is 5.60. The van der Waals surface area contributed by atoms with Crippen LogP contribution in [0.2, 0.25) is 0 Å². The number of carbonyl (C=O) groups is 2. The highest BCUT2D eigenvalue weighted by Crippen LogP contribution is 2.23. The topological polar surface area (TPSA) is 93.5 Å². The average Bonchev–Trinajstić information content (AvgIpc) is 2.86. The lowest BCUT2D eigenvalue weighted by molar-refractivity contribution is -0.116. The van der Waals surface area contributed by atoms with Gasteiger partial charge in [0.1, 0.15) is 18.2 Å². The van der Waals surface area contributed by atoms with Crippen LogP contribution in [-0.2, 0) is 29.0 Å². The second-order valence-electron chi connectivity index (χ2n) is 7.91. The predicted molar refractivity (Wildman–Crippen MR) is 132 cm³/mol. The van der Waals surface area contributed by atoms with E-state index in [1.807, 2.05) is 24.5 Å². The molecule has 8 nitrogen and oxygen atoms in total. The largest absolute Gasteiger partial charge is 0.450 e. The summed E-state index contributed by atoms with van der Waals surface area (Å²) in [5.74, 6) is -0.590. The minimum Gasteiger partial charge on any atom is -0.450 e. The predicted octanol–water partition coefficient (Wildman–Crippen LogP) is 3.92. The Morgan fingerprint density at radius 1 is 1.20 bits per heavy atom. The van der Waals surface area contributed by atoms with Crippen molar-refractivity contribution in [3.05, 3.63) is 76.0 Å². The van der Waals surface area contributed by atoms with E-state index in [1.165, 1.54) is 33.7 Å². The maximum Gasteiger partial charge on any atom is 0.410 e. The Labute approximate surface area is 206 Å². The monoisotopic (exact) mass is 496 g/mol. The molecule has 1 aliphatic heterocycles. The fraction of sp³-hybridized carbons (Fsp3) is 0.280. The first-order valence-corrected chi connectivity index (χ1v) is 12.4. The number of fused-ring (bicyclic) bond motifs is 1. The number of amides is 2. The van der Waals surface area contributed by atoms with Gasteiger partial charge in [-0.3, -0.25) is 14.2 Å². The van der Waals surface area contributed by atoms with E-state index < -0.39 is 11.9 Å². The standard InChI is InChI=1S/C25H25FN4O4S/c1-3-34-25(33)29-12-11-20-21(14-29)28-23(16-7-9-17(26)10-8-16)30(24(20)32)15-22(31)27-18-5-4-6-19(13-18)35-2/h4-10,13H,3,11-12,14-15H2,1-2H3,(H,27,31). The van der Waals surface area contributed by atoms with Crippen molar-refractivity contribution in [3.8, 4) is 11.4 Å². The Hall–Kier alpha value is -3.66. The molecule has 2 amide bonds. The van der Waals surface area contributed by atoms with Crippen LogP contribution < -0.4 is 10.9 Å². The third kappa shape index (κ3) is 5.54. The van der Waals surface area contributed by atoms with Gasteiger partial charge < -0.3 is 15.0 Å². The Bertz CT molecular complexity index is 1310. The van der Waals surface area contributed by atoms with Crippen LogP contribution in [0.3, 0.4) is 0 Å². The summed E-state index contributed by atoms with van der Waals surface area (Å²) in [7, 11) is 0. The molecule has 0 radical (unpaired) electrons. The van der Waals surface area contributed by atoms with E-state index in [0.29, 0.717) is 35.5 Å². The number of aromatic nitrogens is 2. The fourth-order valence-corrected chi connectivity index (χ4v) is 4.37. The number of carbonyl (C=O) groups excluding carboxylic acids is 2. The lowest BCUT2D eigenvalue weighted by Gasteiger charge is -2.28. The van der Waals surface area contributed by atoms with Crippen LogP contribution in [-0.4, -0.2) is 45.9 Å². The summed E-state index contributed by atoms with van der Waals surface area (Å²) in [6.45, 7) is 2.13. The number of halogens is 1. The number of rotatable bonds is 6. The molecule has 1 N–H and O–H groups in total. The molecule has 0 unspecified atom stereocenters. The van der Waals surface area contributed by atoms with Crippen LogP contribution in [0.4, 0.5) is 14.9 Å². The average molecular weight is 497 g/mol. The van der Waals surface area contributed by atoms with Crippen molar-refractivity contribution < 1.29 is 18.7 Å². The Morgan fingerprint density at radius 2 is 1.97 bits per heavy atom. The lowest BCUT2D eigenvalue weighted by atomic mass is 10.1. The van der Waals surface area contributed by atoms with Crippen LogP contribution in [0, 0.1) is 5.82 Å². The molecule has 4 rings (SSSR count). The molecule has 2 heterocycles. The molecule has 0 atom stereocenters. The first kappa shape index (κ1) is 24.5. The van der Waals surface area contributed by atoms with Gasteiger partial charge in [0.25, 0.3) is 5.56 Å². The number of ether oxygens (including phenoxy) is 1. The summed E-state index contributed by atoms with van der Waals surface area (Å²) in [5, 5.41) is 2.83. The molecule has 0 bridgehead atoms. The quantitative estimate of drug-likeness (QED) is 0.520. The molecule has 3 aromatic rings. The highest BCUT2D eigenvalue weighted by molar-refractivity contribution is 7.98. The van der Waals surface area contributed by atoms with Gasteiger partial charge >= 0.3 is 6.09 Å². The van der Waals surface area contributed by atoms with Gasteiger partial charge in [-0.05, 0) is 62.1 Å². The lowest BCUT2D eigenvalue weighted by Crippen LogP contribution is -2.42. The molecule has 35 heavy (non-hydrogen) atoms. The van der Waals surface area contributed by atoms with Crippen molar-refractivity contribution in [2.45, 2.75) is 31.3 Å². The molecular formula is C25H25FN4O4S.